The smallest absolute Gasteiger partial charge is 0.138 e. The summed E-state index contributed by atoms with van der Waals surface area (Å²) in [5.74, 6) is 0.490. The van der Waals surface area contributed by atoms with Gasteiger partial charge in [0.2, 0.25) is 0 Å². The molecule has 0 aliphatic heterocycles. The van der Waals surface area contributed by atoms with E-state index < -0.39 is 0 Å². The molecule has 0 aliphatic carbocycles. The second kappa shape index (κ2) is 3.74. The molecule has 3 aromatic carbocycles. The van der Waals surface area contributed by atoms with E-state index in [1.165, 1.54) is 0 Å². The van der Waals surface area contributed by atoms with Gasteiger partial charge < -0.3 is 4.74 Å². The molecule has 0 aliphatic rings. The average Bonchev–Trinajstić information content (AvgIpc) is 2.39. The molecule has 0 saturated carbocycles. The number of hydrogen-bond acceptors (Lipinski definition) is 1. The molecule has 0 N–H and O–H groups in total. The van der Waals surface area contributed by atoms with Crippen LogP contribution < -0.4 is 4.74 Å². The summed E-state index contributed by atoms with van der Waals surface area (Å²) in [6, 6.07) is 14.9. The quantitative estimate of drug-likeness (QED) is 0.566. The lowest BCUT2D eigenvalue weighted by molar-refractivity contribution is 0.415. The van der Waals surface area contributed by atoms with Crippen molar-refractivity contribution in [3.63, 3.8) is 0 Å². The molecule has 0 amide bonds. The van der Waals surface area contributed by atoms with Gasteiger partial charge in [-0.25, -0.2) is 4.39 Å². The van der Waals surface area contributed by atoms with Crippen molar-refractivity contribution >= 4 is 21.5 Å². The van der Waals surface area contributed by atoms with E-state index >= 15 is 0 Å². The third-order valence-corrected chi connectivity index (χ3v) is 3.01. The van der Waals surface area contributed by atoms with Crippen LogP contribution in [0.4, 0.5) is 4.39 Å². The first kappa shape index (κ1) is 10.1. The number of halogens is 1. The molecule has 2 heteroatoms. The van der Waals surface area contributed by atoms with Crippen molar-refractivity contribution in [2.24, 2.45) is 0 Å². The van der Waals surface area contributed by atoms with Gasteiger partial charge in [-0.2, -0.15) is 0 Å². The predicted molar refractivity (Wildman–Crippen MR) is 68.0 cm³/mol. The van der Waals surface area contributed by atoms with E-state index in [9.17, 15) is 4.39 Å². The third-order valence-electron chi connectivity index (χ3n) is 3.01. The van der Waals surface area contributed by atoms with Crippen LogP contribution in [0.2, 0.25) is 0 Å². The molecule has 0 heterocycles. The topological polar surface area (TPSA) is 9.23 Å². The summed E-state index contributed by atoms with van der Waals surface area (Å²) in [6.45, 7) is 0. The Morgan fingerprint density at radius 3 is 2.47 bits per heavy atom. The molecule has 0 bridgehead atoms. The number of methoxy groups -OCH3 is 1. The summed E-state index contributed by atoms with van der Waals surface area (Å²) in [4.78, 5) is 0. The molecule has 0 unspecified atom stereocenters. The minimum Gasteiger partial charge on any atom is -0.497 e. The summed E-state index contributed by atoms with van der Waals surface area (Å²) in [6.07, 6.45) is 0. The van der Waals surface area contributed by atoms with Gasteiger partial charge >= 0.3 is 0 Å². The Kier molecular flexibility index (Phi) is 2.22. The second-order valence-electron chi connectivity index (χ2n) is 4.00. The SMILES string of the molecule is COc1ccc2cc3ccccc3c(F)c2c1. The van der Waals surface area contributed by atoms with E-state index in [2.05, 4.69) is 0 Å². The van der Waals surface area contributed by atoms with E-state index in [0.29, 0.717) is 16.5 Å². The third kappa shape index (κ3) is 1.53. The van der Waals surface area contributed by atoms with Gasteiger partial charge in [-0.3, -0.25) is 0 Å². The Morgan fingerprint density at radius 1 is 0.882 bits per heavy atom. The molecule has 0 spiro atoms. The zero-order chi connectivity index (χ0) is 11.8. The van der Waals surface area contributed by atoms with Crippen LogP contribution >= 0.6 is 0 Å². The van der Waals surface area contributed by atoms with Crippen molar-refractivity contribution in [2.45, 2.75) is 0 Å². The van der Waals surface area contributed by atoms with Gasteiger partial charge in [-0.15, -0.1) is 0 Å². The highest BCUT2D eigenvalue weighted by molar-refractivity contribution is 5.99. The largest absolute Gasteiger partial charge is 0.497 e. The zero-order valence-electron chi connectivity index (χ0n) is 9.41. The maximum Gasteiger partial charge on any atom is 0.138 e. The Balaban J connectivity index is 2.46. The van der Waals surface area contributed by atoms with Gasteiger partial charge in [0.1, 0.15) is 11.6 Å². The van der Waals surface area contributed by atoms with Crippen LogP contribution in [-0.4, -0.2) is 7.11 Å². The molecule has 1 nitrogen and oxygen atoms in total. The molecule has 3 rings (SSSR count). The zero-order valence-corrected chi connectivity index (χ0v) is 9.41. The fourth-order valence-corrected chi connectivity index (χ4v) is 2.11. The first-order chi connectivity index (χ1) is 8.29. The molecule has 0 atom stereocenters. The normalized spacial score (nSPS) is 10.9. The van der Waals surface area contributed by atoms with E-state index in [4.69, 9.17) is 4.74 Å². The lowest BCUT2D eigenvalue weighted by Crippen LogP contribution is -1.86. The summed E-state index contributed by atoms with van der Waals surface area (Å²) in [7, 11) is 1.58. The highest BCUT2D eigenvalue weighted by Crippen LogP contribution is 2.29. The fourth-order valence-electron chi connectivity index (χ4n) is 2.11. The molecular formula is C15H11FO. The number of ether oxygens (including phenoxy) is 1. The summed E-state index contributed by atoms with van der Waals surface area (Å²) in [5.41, 5.74) is 0. The van der Waals surface area contributed by atoms with E-state index in [1.54, 1.807) is 19.2 Å². The molecule has 84 valence electrons. The monoisotopic (exact) mass is 226 g/mol. The van der Waals surface area contributed by atoms with Gasteiger partial charge in [0.05, 0.1) is 7.11 Å². The van der Waals surface area contributed by atoms with Gasteiger partial charge in [-0.1, -0.05) is 30.3 Å². The maximum absolute atomic E-state index is 14.3. The Bertz CT molecular complexity index is 704. The Hall–Kier alpha value is -2.09. The average molecular weight is 226 g/mol. The summed E-state index contributed by atoms with van der Waals surface area (Å²) >= 11 is 0. The molecule has 0 fully saturated rings. The van der Waals surface area contributed by atoms with Gasteiger partial charge in [0.25, 0.3) is 0 Å². The van der Waals surface area contributed by atoms with Crippen LogP contribution in [0, 0.1) is 5.82 Å². The molecule has 17 heavy (non-hydrogen) atoms. The molecule has 0 radical (unpaired) electrons. The van der Waals surface area contributed by atoms with Crippen LogP contribution in [-0.2, 0) is 0 Å². The molecular weight excluding hydrogens is 215 g/mol. The van der Waals surface area contributed by atoms with Crippen molar-refractivity contribution in [2.75, 3.05) is 7.11 Å². The van der Waals surface area contributed by atoms with Gasteiger partial charge in [-0.05, 0) is 29.0 Å². The van der Waals surface area contributed by atoms with Crippen molar-refractivity contribution in [1.82, 2.24) is 0 Å². The van der Waals surface area contributed by atoms with Crippen molar-refractivity contribution in [3.8, 4) is 5.75 Å². The minimum absolute atomic E-state index is 0.183. The maximum atomic E-state index is 14.3. The van der Waals surface area contributed by atoms with E-state index in [0.717, 1.165) is 10.8 Å². The first-order valence-electron chi connectivity index (χ1n) is 5.44. The number of benzene rings is 3. The van der Waals surface area contributed by atoms with Gasteiger partial charge in [0.15, 0.2) is 0 Å². The van der Waals surface area contributed by atoms with Crippen LogP contribution in [0.5, 0.6) is 5.75 Å². The molecule has 0 aromatic heterocycles. The lowest BCUT2D eigenvalue weighted by atomic mass is 10.0. The van der Waals surface area contributed by atoms with E-state index in [1.807, 2.05) is 36.4 Å². The standard InChI is InChI=1S/C15H11FO/c1-17-12-7-6-11-8-10-4-2-3-5-13(10)15(16)14(11)9-12/h2-9H,1H3. The Labute approximate surface area is 98.4 Å². The van der Waals surface area contributed by atoms with Crippen LogP contribution in [0.15, 0.2) is 48.5 Å². The minimum atomic E-state index is -0.183. The number of hydrogen-bond donors (Lipinski definition) is 0. The van der Waals surface area contributed by atoms with Crippen LogP contribution in [0.1, 0.15) is 0 Å². The second-order valence-corrected chi connectivity index (χ2v) is 4.00. The van der Waals surface area contributed by atoms with Crippen LogP contribution in [0.3, 0.4) is 0 Å². The first-order valence-corrected chi connectivity index (χ1v) is 5.44. The summed E-state index contributed by atoms with van der Waals surface area (Å²) in [5, 5.41) is 3.06. The molecule has 0 saturated heterocycles. The number of fused-ring (bicyclic) bond motifs is 2. The number of rotatable bonds is 1. The van der Waals surface area contributed by atoms with E-state index in [-0.39, 0.29) is 5.82 Å². The predicted octanol–water partition coefficient (Wildman–Crippen LogP) is 4.14. The lowest BCUT2D eigenvalue weighted by Gasteiger charge is -2.06. The Morgan fingerprint density at radius 2 is 1.65 bits per heavy atom. The van der Waals surface area contributed by atoms with Crippen molar-refractivity contribution in [3.05, 3.63) is 54.3 Å². The van der Waals surface area contributed by atoms with Crippen molar-refractivity contribution in [1.29, 1.82) is 0 Å². The highest BCUT2D eigenvalue weighted by Gasteiger charge is 2.07. The fraction of sp³-hybridized carbons (Fsp3) is 0.0667. The van der Waals surface area contributed by atoms with Gasteiger partial charge in [0, 0.05) is 10.8 Å². The summed E-state index contributed by atoms with van der Waals surface area (Å²) < 4.78 is 19.4. The molecule has 3 aromatic rings. The highest BCUT2D eigenvalue weighted by atomic mass is 19.1. The van der Waals surface area contributed by atoms with Crippen molar-refractivity contribution < 1.29 is 9.13 Å². The van der Waals surface area contributed by atoms with Crippen LogP contribution in [0.25, 0.3) is 21.5 Å².